The number of nitrogens with zero attached hydrogens (tertiary/aromatic N) is 3. The number of fused-ring (bicyclic) bond motifs is 1. The largest absolute Gasteiger partial charge is 0.396 e. The number of anilines is 1. The van der Waals surface area contributed by atoms with Crippen molar-refractivity contribution in [2.45, 2.75) is 19.3 Å². The van der Waals surface area contributed by atoms with E-state index in [-0.39, 0.29) is 6.61 Å². The van der Waals surface area contributed by atoms with Gasteiger partial charge in [0.05, 0.1) is 4.47 Å². The van der Waals surface area contributed by atoms with Gasteiger partial charge < -0.3 is 10.4 Å². The molecule has 0 aliphatic heterocycles. The summed E-state index contributed by atoms with van der Waals surface area (Å²) < 4.78 is 2.69. The minimum atomic E-state index is 0.288. The molecule has 0 aromatic carbocycles. The van der Waals surface area contributed by atoms with Crippen LogP contribution >= 0.6 is 15.9 Å². The van der Waals surface area contributed by atoms with Gasteiger partial charge in [-0.05, 0) is 52.7 Å². The van der Waals surface area contributed by atoms with Crippen LogP contribution in [0.15, 0.2) is 22.8 Å². The molecule has 3 rings (SSSR count). The first kappa shape index (κ1) is 12.9. The van der Waals surface area contributed by atoms with Gasteiger partial charge in [0.2, 0.25) is 5.95 Å². The third-order valence-electron chi connectivity index (χ3n) is 3.89. The average molecular weight is 325 g/mol. The molecule has 2 unspecified atom stereocenters. The lowest BCUT2D eigenvalue weighted by Gasteiger charge is -2.16. The Kier molecular flexibility index (Phi) is 3.70. The van der Waals surface area contributed by atoms with Crippen LogP contribution in [-0.4, -0.2) is 32.9 Å². The molecule has 1 aliphatic carbocycles. The van der Waals surface area contributed by atoms with Gasteiger partial charge >= 0.3 is 0 Å². The van der Waals surface area contributed by atoms with Crippen LogP contribution in [0.3, 0.4) is 0 Å². The number of hydrogen-bond acceptors (Lipinski definition) is 4. The second-order valence-corrected chi connectivity index (χ2v) is 5.93. The Morgan fingerprint density at radius 2 is 2.26 bits per heavy atom. The smallest absolute Gasteiger partial charge is 0.243 e. The Bertz CT molecular complexity index is 571. The minimum Gasteiger partial charge on any atom is -0.396 e. The van der Waals surface area contributed by atoms with Crippen molar-refractivity contribution in [1.29, 1.82) is 0 Å². The van der Waals surface area contributed by atoms with Crippen LogP contribution in [0.2, 0.25) is 0 Å². The summed E-state index contributed by atoms with van der Waals surface area (Å²) in [5.41, 5.74) is 0.815. The fourth-order valence-corrected chi connectivity index (χ4v) is 3.22. The maximum Gasteiger partial charge on any atom is 0.243 e. The Hall–Kier alpha value is -1.14. The van der Waals surface area contributed by atoms with E-state index in [1.807, 2.05) is 18.3 Å². The van der Waals surface area contributed by atoms with Crippen molar-refractivity contribution in [2.24, 2.45) is 11.8 Å². The van der Waals surface area contributed by atoms with Crippen molar-refractivity contribution in [3.05, 3.63) is 22.8 Å². The zero-order valence-corrected chi connectivity index (χ0v) is 12.2. The second kappa shape index (κ2) is 5.46. The van der Waals surface area contributed by atoms with Crippen LogP contribution in [0.4, 0.5) is 5.95 Å². The molecule has 102 valence electrons. The van der Waals surface area contributed by atoms with Crippen LogP contribution in [0, 0.1) is 11.8 Å². The molecule has 0 amide bonds. The molecule has 19 heavy (non-hydrogen) atoms. The third-order valence-corrected chi connectivity index (χ3v) is 4.51. The first-order valence-electron chi connectivity index (χ1n) is 6.63. The van der Waals surface area contributed by atoms with Crippen LogP contribution in [0.1, 0.15) is 19.3 Å². The molecule has 2 aromatic heterocycles. The van der Waals surface area contributed by atoms with E-state index in [0.717, 1.165) is 23.1 Å². The summed E-state index contributed by atoms with van der Waals surface area (Å²) >= 11 is 3.46. The molecule has 0 spiro atoms. The normalized spacial score (nSPS) is 23.1. The summed E-state index contributed by atoms with van der Waals surface area (Å²) in [6.45, 7) is 1.12. The summed E-state index contributed by atoms with van der Waals surface area (Å²) in [5.74, 6) is 1.60. The number of aliphatic hydroxyl groups excluding tert-OH is 1. The van der Waals surface area contributed by atoms with Crippen LogP contribution in [0.25, 0.3) is 5.65 Å². The summed E-state index contributed by atoms with van der Waals surface area (Å²) in [6, 6.07) is 3.88. The number of hydrogen-bond donors (Lipinski definition) is 2. The maximum atomic E-state index is 9.32. The van der Waals surface area contributed by atoms with E-state index in [1.54, 1.807) is 4.52 Å². The topological polar surface area (TPSA) is 62.5 Å². The van der Waals surface area contributed by atoms with Gasteiger partial charge in [-0.3, -0.25) is 0 Å². The molecule has 6 heteroatoms. The lowest BCUT2D eigenvalue weighted by molar-refractivity contribution is 0.199. The minimum absolute atomic E-state index is 0.288. The Morgan fingerprint density at radius 3 is 3.05 bits per heavy atom. The molecule has 5 nitrogen and oxygen atoms in total. The lowest BCUT2D eigenvalue weighted by Crippen LogP contribution is -2.21. The predicted octanol–water partition coefficient (Wildman–Crippen LogP) is 2.31. The number of aliphatic hydroxyl groups is 1. The van der Waals surface area contributed by atoms with Crippen LogP contribution in [-0.2, 0) is 0 Å². The van der Waals surface area contributed by atoms with E-state index >= 15 is 0 Å². The maximum absolute atomic E-state index is 9.32. The molecule has 0 saturated heterocycles. The van der Waals surface area contributed by atoms with Gasteiger partial charge in [-0.1, -0.05) is 6.42 Å². The first-order chi connectivity index (χ1) is 9.28. The van der Waals surface area contributed by atoms with E-state index < -0.39 is 0 Å². The Balaban J connectivity index is 1.70. The van der Waals surface area contributed by atoms with Crippen LogP contribution < -0.4 is 5.32 Å². The number of halogens is 1. The molecule has 1 saturated carbocycles. The number of rotatable bonds is 4. The number of pyridine rings is 1. The highest BCUT2D eigenvalue weighted by molar-refractivity contribution is 9.10. The number of nitrogens with one attached hydrogen (secondary N) is 1. The zero-order chi connectivity index (χ0) is 13.2. The van der Waals surface area contributed by atoms with Gasteiger partial charge in [-0.15, -0.1) is 5.10 Å². The van der Waals surface area contributed by atoms with Crippen molar-refractivity contribution in [2.75, 3.05) is 18.5 Å². The first-order valence-corrected chi connectivity index (χ1v) is 7.43. The molecule has 0 radical (unpaired) electrons. The quantitative estimate of drug-likeness (QED) is 0.906. The Morgan fingerprint density at radius 1 is 1.42 bits per heavy atom. The van der Waals surface area contributed by atoms with Gasteiger partial charge in [0, 0.05) is 19.3 Å². The van der Waals surface area contributed by atoms with Crippen molar-refractivity contribution in [3.63, 3.8) is 0 Å². The van der Waals surface area contributed by atoms with Gasteiger partial charge in [0.1, 0.15) is 0 Å². The fraction of sp³-hybridized carbons (Fsp3) is 0.538. The highest BCUT2D eigenvalue weighted by Gasteiger charge is 2.26. The summed E-state index contributed by atoms with van der Waals surface area (Å²) in [5, 5.41) is 17.0. The Labute approximate surface area is 120 Å². The molecule has 2 aromatic rings. The molecule has 1 aliphatic rings. The third kappa shape index (κ3) is 2.60. The molecular weight excluding hydrogens is 308 g/mol. The zero-order valence-electron chi connectivity index (χ0n) is 10.6. The highest BCUT2D eigenvalue weighted by atomic mass is 79.9. The van der Waals surface area contributed by atoms with Crippen molar-refractivity contribution in [1.82, 2.24) is 14.6 Å². The van der Waals surface area contributed by atoms with Crippen LogP contribution in [0.5, 0.6) is 0 Å². The summed E-state index contributed by atoms with van der Waals surface area (Å²) in [6.07, 6.45) is 5.40. The monoisotopic (exact) mass is 324 g/mol. The van der Waals surface area contributed by atoms with Gasteiger partial charge in [-0.25, -0.2) is 4.52 Å². The SMILES string of the molecule is OCC1CCCC1CNc1nc2c(Br)cccn2n1. The second-order valence-electron chi connectivity index (χ2n) is 5.07. The van der Waals surface area contributed by atoms with E-state index in [4.69, 9.17) is 0 Å². The van der Waals surface area contributed by atoms with E-state index in [2.05, 4.69) is 31.3 Å². The van der Waals surface area contributed by atoms with Gasteiger partial charge in [0.15, 0.2) is 5.65 Å². The van der Waals surface area contributed by atoms with Crippen molar-refractivity contribution in [3.8, 4) is 0 Å². The van der Waals surface area contributed by atoms with E-state index in [9.17, 15) is 5.11 Å². The predicted molar refractivity (Wildman–Crippen MR) is 77.1 cm³/mol. The molecule has 1 fully saturated rings. The van der Waals surface area contributed by atoms with Gasteiger partial charge in [0.25, 0.3) is 0 Å². The van der Waals surface area contributed by atoms with Crippen molar-refractivity contribution >= 4 is 27.5 Å². The van der Waals surface area contributed by atoms with E-state index in [0.29, 0.717) is 17.8 Å². The van der Waals surface area contributed by atoms with Crippen molar-refractivity contribution < 1.29 is 5.11 Å². The summed E-state index contributed by atoms with van der Waals surface area (Å²) in [7, 11) is 0. The lowest BCUT2D eigenvalue weighted by atomic mass is 9.97. The molecule has 2 N–H and O–H groups in total. The summed E-state index contributed by atoms with van der Waals surface area (Å²) in [4.78, 5) is 4.46. The fourth-order valence-electron chi connectivity index (χ4n) is 2.79. The van der Waals surface area contributed by atoms with E-state index in [1.165, 1.54) is 12.8 Å². The average Bonchev–Trinajstić information content (AvgIpc) is 3.02. The molecular formula is C13H17BrN4O. The van der Waals surface area contributed by atoms with Gasteiger partial charge in [-0.2, -0.15) is 4.98 Å². The number of aromatic nitrogens is 3. The highest BCUT2D eigenvalue weighted by Crippen LogP contribution is 2.31. The molecule has 2 atom stereocenters. The molecule has 0 bridgehead atoms. The molecule has 2 heterocycles. The standard InChI is InChI=1S/C13H17BrN4O/c14-11-5-2-6-18-12(11)16-13(17-18)15-7-9-3-1-4-10(9)8-19/h2,5-6,9-10,19H,1,3-4,7-8H2,(H,15,17).